The van der Waals surface area contributed by atoms with Crippen LogP contribution >= 0.6 is 0 Å². The first-order valence-corrected chi connectivity index (χ1v) is 7.81. The molecule has 0 bridgehead atoms. The smallest absolute Gasteiger partial charge is 0.337 e. The second-order valence-corrected chi connectivity index (χ2v) is 5.93. The summed E-state index contributed by atoms with van der Waals surface area (Å²) in [5, 5.41) is 12.7. The van der Waals surface area contributed by atoms with Crippen LogP contribution in [0.3, 0.4) is 0 Å². The maximum absolute atomic E-state index is 11.5. The monoisotopic (exact) mass is 317 g/mol. The first-order chi connectivity index (χ1) is 11.5. The van der Waals surface area contributed by atoms with Gasteiger partial charge in [-0.25, -0.2) is 4.79 Å². The lowest BCUT2D eigenvalue weighted by Gasteiger charge is -2.13. The molecule has 0 spiro atoms. The maximum atomic E-state index is 11.5. The van der Waals surface area contributed by atoms with Gasteiger partial charge in [0.05, 0.1) is 11.3 Å². The fourth-order valence-electron chi connectivity index (χ4n) is 2.83. The van der Waals surface area contributed by atoms with E-state index in [4.69, 9.17) is 0 Å². The predicted molar refractivity (Wildman–Crippen MR) is 98.0 cm³/mol. The van der Waals surface area contributed by atoms with E-state index in [9.17, 15) is 9.90 Å². The van der Waals surface area contributed by atoms with Crippen LogP contribution in [-0.4, -0.2) is 11.1 Å². The van der Waals surface area contributed by atoms with Crippen molar-refractivity contribution in [3.05, 3.63) is 83.4 Å². The maximum Gasteiger partial charge on any atom is 0.337 e. The Labute approximate surface area is 141 Å². The highest BCUT2D eigenvalue weighted by atomic mass is 16.4. The van der Waals surface area contributed by atoms with Gasteiger partial charge < -0.3 is 10.4 Å². The van der Waals surface area contributed by atoms with E-state index in [1.165, 1.54) is 11.1 Å². The molecule has 3 nitrogen and oxygen atoms in total. The van der Waals surface area contributed by atoms with Gasteiger partial charge in [-0.1, -0.05) is 53.6 Å². The summed E-state index contributed by atoms with van der Waals surface area (Å²) in [6.07, 6.45) is 0. The Hall–Kier alpha value is -3.07. The fraction of sp³-hybridized carbons (Fsp3) is 0.0952. The highest BCUT2D eigenvalue weighted by Gasteiger charge is 2.12. The summed E-state index contributed by atoms with van der Waals surface area (Å²) in [7, 11) is 0. The zero-order valence-electron chi connectivity index (χ0n) is 13.7. The molecule has 3 rings (SSSR count). The molecule has 0 atom stereocenters. The van der Waals surface area contributed by atoms with Gasteiger partial charge in [0.1, 0.15) is 0 Å². The van der Waals surface area contributed by atoms with Crippen LogP contribution in [-0.2, 0) is 0 Å². The van der Waals surface area contributed by atoms with Crippen molar-refractivity contribution in [3.63, 3.8) is 0 Å². The van der Waals surface area contributed by atoms with Crippen molar-refractivity contribution < 1.29 is 9.90 Å². The molecule has 3 aromatic rings. The highest BCUT2D eigenvalue weighted by molar-refractivity contribution is 5.96. The van der Waals surface area contributed by atoms with Gasteiger partial charge >= 0.3 is 5.97 Å². The second-order valence-electron chi connectivity index (χ2n) is 5.93. The van der Waals surface area contributed by atoms with Crippen LogP contribution in [0.5, 0.6) is 0 Å². The lowest BCUT2D eigenvalue weighted by molar-refractivity contribution is 0.0698. The number of aryl methyl sites for hydroxylation is 2. The molecule has 0 fully saturated rings. The Bertz CT molecular complexity index is 865. The van der Waals surface area contributed by atoms with Crippen molar-refractivity contribution in [1.82, 2.24) is 0 Å². The van der Waals surface area contributed by atoms with E-state index < -0.39 is 5.97 Å². The molecule has 0 unspecified atom stereocenters. The minimum absolute atomic E-state index is 0.256. The van der Waals surface area contributed by atoms with Crippen molar-refractivity contribution in [2.75, 3.05) is 5.32 Å². The Kier molecular flexibility index (Phi) is 4.34. The molecule has 0 aliphatic heterocycles. The third-order valence-electron chi connectivity index (χ3n) is 3.86. The summed E-state index contributed by atoms with van der Waals surface area (Å²) in [5.74, 6) is -0.944. The predicted octanol–water partition coefficient (Wildman–Crippen LogP) is 5.41. The summed E-state index contributed by atoms with van der Waals surface area (Å²) in [6, 6.07) is 21.3. The van der Waals surface area contributed by atoms with E-state index in [2.05, 4.69) is 37.4 Å². The number of hydrogen-bond acceptors (Lipinski definition) is 2. The lowest BCUT2D eigenvalue weighted by atomic mass is 9.98. The van der Waals surface area contributed by atoms with E-state index in [0.717, 1.165) is 16.8 Å². The van der Waals surface area contributed by atoms with Crippen LogP contribution in [0.4, 0.5) is 11.4 Å². The van der Waals surface area contributed by atoms with Crippen molar-refractivity contribution in [3.8, 4) is 11.1 Å². The number of aromatic carboxylic acids is 1. The van der Waals surface area contributed by atoms with Crippen molar-refractivity contribution in [2.45, 2.75) is 13.8 Å². The van der Waals surface area contributed by atoms with E-state index in [1.807, 2.05) is 42.5 Å². The molecular weight excluding hydrogens is 298 g/mol. The number of carboxylic acid groups (broad SMARTS) is 1. The number of rotatable bonds is 4. The molecule has 0 saturated carbocycles. The lowest BCUT2D eigenvalue weighted by Crippen LogP contribution is -2.03. The zero-order valence-corrected chi connectivity index (χ0v) is 13.7. The zero-order chi connectivity index (χ0) is 17.1. The Morgan fingerprint density at radius 2 is 1.50 bits per heavy atom. The average molecular weight is 317 g/mol. The number of anilines is 2. The molecule has 0 aliphatic carbocycles. The second kappa shape index (κ2) is 6.59. The number of para-hydroxylation sites is 1. The van der Waals surface area contributed by atoms with Gasteiger partial charge in [-0.15, -0.1) is 0 Å². The largest absolute Gasteiger partial charge is 0.478 e. The van der Waals surface area contributed by atoms with Crippen LogP contribution in [0.1, 0.15) is 21.5 Å². The van der Waals surface area contributed by atoms with E-state index in [-0.39, 0.29) is 5.56 Å². The van der Waals surface area contributed by atoms with Crippen LogP contribution in [0.15, 0.2) is 66.7 Å². The quantitative estimate of drug-likeness (QED) is 0.676. The minimum atomic E-state index is -0.944. The number of carbonyl (C=O) groups is 1. The summed E-state index contributed by atoms with van der Waals surface area (Å²) in [6.45, 7) is 4.12. The molecule has 0 aliphatic rings. The van der Waals surface area contributed by atoms with E-state index in [1.54, 1.807) is 6.07 Å². The SMILES string of the molecule is Cc1cc(C)cc(-c2ccc(C(=O)O)c(Nc3ccccc3)c2)c1. The number of hydrogen-bond donors (Lipinski definition) is 2. The molecule has 2 N–H and O–H groups in total. The third-order valence-corrected chi connectivity index (χ3v) is 3.86. The standard InChI is InChI=1S/C21H19NO2/c1-14-10-15(2)12-17(11-14)16-8-9-19(21(23)24)20(13-16)22-18-6-4-3-5-7-18/h3-13,22H,1-2H3,(H,23,24). The Morgan fingerprint density at radius 1 is 0.833 bits per heavy atom. The highest BCUT2D eigenvalue weighted by Crippen LogP contribution is 2.29. The van der Waals surface area contributed by atoms with Crippen LogP contribution in [0.25, 0.3) is 11.1 Å². The van der Waals surface area contributed by atoms with Gasteiger partial charge in [-0.3, -0.25) is 0 Å². The topological polar surface area (TPSA) is 49.3 Å². The number of nitrogens with one attached hydrogen (secondary N) is 1. The van der Waals surface area contributed by atoms with Gasteiger partial charge in [0, 0.05) is 5.69 Å². The molecule has 120 valence electrons. The van der Waals surface area contributed by atoms with Gasteiger partial charge in [0.15, 0.2) is 0 Å². The van der Waals surface area contributed by atoms with Crippen LogP contribution in [0.2, 0.25) is 0 Å². The molecule has 0 amide bonds. The number of carboxylic acids is 1. The van der Waals surface area contributed by atoms with Crippen molar-refractivity contribution in [1.29, 1.82) is 0 Å². The molecule has 24 heavy (non-hydrogen) atoms. The normalized spacial score (nSPS) is 10.4. The molecule has 0 heterocycles. The minimum Gasteiger partial charge on any atom is -0.478 e. The van der Waals surface area contributed by atoms with Gasteiger partial charge in [0.2, 0.25) is 0 Å². The number of benzene rings is 3. The van der Waals surface area contributed by atoms with E-state index in [0.29, 0.717) is 5.69 Å². The van der Waals surface area contributed by atoms with Gasteiger partial charge in [-0.2, -0.15) is 0 Å². The van der Waals surface area contributed by atoms with Crippen LogP contribution < -0.4 is 5.32 Å². The summed E-state index contributed by atoms with van der Waals surface area (Å²) >= 11 is 0. The van der Waals surface area contributed by atoms with E-state index >= 15 is 0 Å². The summed E-state index contributed by atoms with van der Waals surface area (Å²) in [5.41, 5.74) is 6.15. The molecule has 3 heteroatoms. The average Bonchev–Trinajstić information content (AvgIpc) is 2.54. The fourth-order valence-corrected chi connectivity index (χ4v) is 2.83. The molecule has 0 saturated heterocycles. The summed E-state index contributed by atoms with van der Waals surface area (Å²) in [4.78, 5) is 11.5. The molecule has 3 aromatic carbocycles. The molecular formula is C21H19NO2. The first kappa shape index (κ1) is 15.8. The van der Waals surface area contributed by atoms with Crippen molar-refractivity contribution >= 4 is 17.3 Å². The van der Waals surface area contributed by atoms with Gasteiger partial charge in [0.25, 0.3) is 0 Å². The molecule has 0 radical (unpaired) electrons. The third kappa shape index (κ3) is 3.46. The molecule has 0 aromatic heterocycles. The summed E-state index contributed by atoms with van der Waals surface area (Å²) < 4.78 is 0. The van der Waals surface area contributed by atoms with Crippen molar-refractivity contribution in [2.24, 2.45) is 0 Å². The van der Waals surface area contributed by atoms with Gasteiger partial charge in [-0.05, 0) is 49.2 Å². The Balaban J connectivity index is 2.07. The first-order valence-electron chi connectivity index (χ1n) is 7.81. The van der Waals surface area contributed by atoms with Crippen LogP contribution in [0, 0.1) is 13.8 Å². The Morgan fingerprint density at radius 3 is 2.12 bits per heavy atom.